The molecule has 1 aromatic carbocycles. The zero-order valence-corrected chi connectivity index (χ0v) is 25.1. The van der Waals surface area contributed by atoms with Crippen LogP contribution in [-0.2, 0) is 0 Å². The summed E-state index contributed by atoms with van der Waals surface area (Å²) in [5.74, 6) is 0.446. The number of methoxy groups -OCH3 is 1. The molecule has 0 fully saturated rings. The third-order valence-electron chi connectivity index (χ3n) is 6.71. The predicted octanol–water partition coefficient (Wildman–Crippen LogP) is 8.90. The lowest BCUT2D eigenvalue weighted by molar-refractivity contribution is 0.175. The normalized spacial score (nSPS) is 14.0. The molecular formula is C34H53NO3. The Labute approximate surface area is 232 Å². The highest BCUT2D eigenvalue weighted by molar-refractivity contribution is 5.42. The highest BCUT2D eigenvalue weighted by atomic mass is 16.5. The monoisotopic (exact) mass is 523 g/mol. The largest absolute Gasteiger partial charge is 0.504 e. The summed E-state index contributed by atoms with van der Waals surface area (Å²) in [6, 6.07) is 4.93. The molecule has 212 valence electrons. The van der Waals surface area contributed by atoms with E-state index in [9.17, 15) is 10.2 Å². The number of hydrogen-bond donors (Lipinski definition) is 3. The average Bonchev–Trinajstić information content (AvgIpc) is 2.86. The first kappa shape index (κ1) is 33.5. The quantitative estimate of drug-likeness (QED) is 0.133. The summed E-state index contributed by atoms with van der Waals surface area (Å²) in [7, 11) is 1.50. The van der Waals surface area contributed by atoms with Crippen LogP contribution < -0.4 is 10.1 Å². The number of phenolic OH excluding ortho intramolecular Hbond substituents is 1. The Morgan fingerprint density at radius 2 is 1.24 bits per heavy atom. The van der Waals surface area contributed by atoms with Gasteiger partial charge in [0, 0.05) is 13.1 Å². The minimum absolute atomic E-state index is 0.0748. The Morgan fingerprint density at radius 3 is 1.71 bits per heavy atom. The standard InChI is InChI=1S/C34H53NO3/c1-26(2)12-8-13-27(3)14-9-15-28(4)16-10-17-29(5)18-11-19-30(6)22-23-35-25-33(37)31-20-21-32(36)34(24-31)38-7/h12,14,16,18,20-22,24,33,35-37H,8-11,13,15,17,19,23,25H2,1-7H3/b27-14?,28-16?,29-18+,30-22+. The van der Waals surface area contributed by atoms with Crippen LogP contribution in [0, 0.1) is 0 Å². The van der Waals surface area contributed by atoms with Gasteiger partial charge in [0.15, 0.2) is 11.5 Å². The van der Waals surface area contributed by atoms with Gasteiger partial charge >= 0.3 is 0 Å². The third kappa shape index (κ3) is 15.6. The van der Waals surface area contributed by atoms with Crippen LogP contribution in [0.1, 0.15) is 105 Å². The van der Waals surface area contributed by atoms with Gasteiger partial charge in [-0.25, -0.2) is 0 Å². The molecule has 4 heteroatoms. The van der Waals surface area contributed by atoms with Crippen molar-refractivity contribution in [1.29, 1.82) is 0 Å². The van der Waals surface area contributed by atoms with Gasteiger partial charge in [-0.1, -0.05) is 64.3 Å². The molecule has 38 heavy (non-hydrogen) atoms. The molecule has 1 unspecified atom stereocenters. The highest BCUT2D eigenvalue weighted by Gasteiger charge is 2.10. The van der Waals surface area contributed by atoms with Crippen molar-refractivity contribution in [2.75, 3.05) is 20.2 Å². The number of benzene rings is 1. The molecule has 0 aliphatic rings. The summed E-state index contributed by atoms with van der Waals surface area (Å²) in [4.78, 5) is 0. The lowest BCUT2D eigenvalue weighted by Gasteiger charge is -2.13. The Kier molecular flexibility index (Phi) is 17.2. The lowest BCUT2D eigenvalue weighted by Crippen LogP contribution is -2.21. The maximum Gasteiger partial charge on any atom is 0.160 e. The van der Waals surface area contributed by atoms with E-state index in [1.165, 1.54) is 41.4 Å². The van der Waals surface area contributed by atoms with Gasteiger partial charge in [-0.2, -0.15) is 0 Å². The van der Waals surface area contributed by atoms with E-state index in [-0.39, 0.29) is 5.75 Å². The molecule has 1 atom stereocenters. The van der Waals surface area contributed by atoms with E-state index in [1.807, 2.05) is 0 Å². The first-order chi connectivity index (χ1) is 18.1. The summed E-state index contributed by atoms with van der Waals surface area (Å²) in [6.45, 7) is 14.4. The summed E-state index contributed by atoms with van der Waals surface area (Å²) in [5.41, 5.74) is 7.93. The molecule has 0 heterocycles. The Bertz CT molecular complexity index is 977. The average molecular weight is 524 g/mol. The number of allylic oxidation sites excluding steroid dienone is 9. The topological polar surface area (TPSA) is 61.7 Å². The van der Waals surface area contributed by atoms with E-state index in [4.69, 9.17) is 4.74 Å². The zero-order valence-electron chi connectivity index (χ0n) is 25.1. The van der Waals surface area contributed by atoms with Gasteiger partial charge in [0.2, 0.25) is 0 Å². The Hall–Kier alpha value is -2.56. The molecule has 0 radical (unpaired) electrons. The van der Waals surface area contributed by atoms with Crippen molar-refractivity contribution in [3.05, 3.63) is 82.0 Å². The molecule has 1 aromatic rings. The molecule has 0 aromatic heterocycles. The lowest BCUT2D eigenvalue weighted by atomic mass is 10.0. The van der Waals surface area contributed by atoms with Crippen LogP contribution in [-0.4, -0.2) is 30.4 Å². The number of rotatable bonds is 18. The minimum Gasteiger partial charge on any atom is -0.504 e. The van der Waals surface area contributed by atoms with Crippen molar-refractivity contribution in [2.45, 2.75) is 99.0 Å². The predicted molar refractivity (Wildman–Crippen MR) is 164 cm³/mol. The van der Waals surface area contributed by atoms with Gasteiger partial charge in [-0.3, -0.25) is 0 Å². The number of aliphatic hydroxyl groups excluding tert-OH is 1. The first-order valence-electron chi connectivity index (χ1n) is 14.1. The second-order valence-electron chi connectivity index (χ2n) is 10.7. The van der Waals surface area contributed by atoms with Gasteiger partial charge in [0.25, 0.3) is 0 Å². The summed E-state index contributed by atoms with van der Waals surface area (Å²) in [5, 5.41) is 23.4. The summed E-state index contributed by atoms with van der Waals surface area (Å²) >= 11 is 0. The van der Waals surface area contributed by atoms with E-state index >= 15 is 0 Å². The molecule has 0 amide bonds. The van der Waals surface area contributed by atoms with Gasteiger partial charge in [-0.15, -0.1) is 0 Å². The van der Waals surface area contributed by atoms with E-state index < -0.39 is 6.10 Å². The molecule has 0 saturated carbocycles. The SMILES string of the molecule is COc1cc(C(O)CNC/C=C(\C)CC/C=C(\C)CCC=C(C)CCC=C(C)CCC=C(C)C)ccc1O. The fraction of sp³-hybridized carbons (Fsp3) is 0.529. The molecule has 3 N–H and O–H groups in total. The number of aliphatic hydroxyl groups is 1. The first-order valence-corrected chi connectivity index (χ1v) is 14.1. The van der Waals surface area contributed by atoms with Crippen molar-refractivity contribution in [3.8, 4) is 11.5 Å². The molecule has 0 aliphatic heterocycles. The van der Waals surface area contributed by atoms with Gasteiger partial charge in [0.1, 0.15) is 0 Å². The molecule has 0 aliphatic carbocycles. The maximum atomic E-state index is 10.4. The molecule has 0 saturated heterocycles. The van der Waals surface area contributed by atoms with Crippen LogP contribution in [0.2, 0.25) is 0 Å². The number of aromatic hydroxyl groups is 1. The number of phenols is 1. The molecular weight excluding hydrogens is 470 g/mol. The highest BCUT2D eigenvalue weighted by Crippen LogP contribution is 2.28. The number of nitrogens with one attached hydrogen (secondary N) is 1. The third-order valence-corrected chi connectivity index (χ3v) is 6.71. The van der Waals surface area contributed by atoms with Gasteiger partial charge in [-0.05, 0) is 111 Å². The van der Waals surface area contributed by atoms with E-state index in [1.54, 1.807) is 18.2 Å². The van der Waals surface area contributed by atoms with E-state index in [0.717, 1.165) is 57.1 Å². The van der Waals surface area contributed by atoms with Crippen molar-refractivity contribution in [3.63, 3.8) is 0 Å². The molecule has 4 nitrogen and oxygen atoms in total. The number of hydrogen-bond acceptors (Lipinski definition) is 4. The van der Waals surface area contributed by atoms with Crippen LogP contribution in [0.15, 0.2) is 76.4 Å². The van der Waals surface area contributed by atoms with Crippen molar-refractivity contribution in [2.24, 2.45) is 0 Å². The second-order valence-corrected chi connectivity index (χ2v) is 10.7. The van der Waals surface area contributed by atoms with E-state index in [0.29, 0.717) is 12.3 Å². The van der Waals surface area contributed by atoms with Crippen LogP contribution in [0.4, 0.5) is 0 Å². The maximum absolute atomic E-state index is 10.4. The minimum atomic E-state index is -0.653. The summed E-state index contributed by atoms with van der Waals surface area (Å²) in [6.07, 6.45) is 20.0. The van der Waals surface area contributed by atoms with Gasteiger partial charge in [0.05, 0.1) is 13.2 Å². The fourth-order valence-electron chi connectivity index (χ4n) is 4.12. The Morgan fingerprint density at radius 1 is 0.763 bits per heavy atom. The zero-order chi connectivity index (χ0) is 28.3. The van der Waals surface area contributed by atoms with Crippen LogP contribution in [0.3, 0.4) is 0 Å². The Balaban J connectivity index is 2.26. The smallest absolute Gasteiger partial charge is 0.160 e. The van der Waals surface area contributed by atoms with Crippen LogP contribution in [0.25, 0.3) is 0 Å². The van der Waals surface area contributed by atoms with Crippen molar-refractivity contribution >= 4 is 0 Å². The fourth-order valence-corrected chi connectivity index (χ4v) is 4.12. The molecule has 0 spiro atoms. The van der Waals surface area contributed by atoms with Crippen LogP contribution >= 0.6 is 0 Å². The van der Waals surface area contributed by atoms with Gasteiger partial charge < -0.3 is 20.3 Å². The van der Waals surface area contributed by atoms with E-state index in [2.05, 4.69) is 77.2 Å². The van der Waals surface area contributed by atoms with Crippen LogP contribution in [0.5, 0.6) is 11.5 Å². The van der Waals surface area contributed by atoms with Crippen molar-refractivity contribution < 1.29 is 14.9 Å². The molecule has 0 bridgehead atoms. The summed E-state index contributed by atoms with van der Waals surface area (Å²) < 4.78 is 5.11. The molecule has 1 rings (SSSR count). The van der Waals surface area contributed by atoms with Crippen molar-refractivity contribution in [1.82, 2.24) is 5.32 Å². The number of ether oxygens (including phenoxy) is 1. The second kappa shape index (κ2) is 19.5.